The Hall–Kier alpha value is -11.3. The molecule has 12 aromatic carbocycles. The quantitative estimate of drug-likeness (QED) is 0.0354. The Morgan fingerprint density at radius 3 is 0.910 bits per heavy atom. The Morgan fingerprint density at radius 2 is 0.600 bits per heavy atom. The fraction of sp³-hybridized carbons (Fsp3) is 0.203. The number of hydrogen-bond acceptors (Lipinski definition) is 8. The number of aryl methyl sites for hydroxylation is 6. The average Bonchev–Trinajstić information content (AvgIpc) is 0.763. The Kier molecular flexibility index (Phi) is 42.9. The molecule has 0 saturated carbocycles. The van der Waals surface area contributed by atoms with Crippen molar-refractivity contribution in [3.05, 3.63) is 469 Å². The van der Waals surface area contributed by atoms with Crippen LogP contribution >= 0.6 is 14.3 Å². The van der Waals surface area contributed by atoms with Crippen LogP contribution in [-0.2, 0) is 75.9 Å². The fourth-order valence-electron chi connectivity index (χ4n) is 18.4. The SMILES string of the molecule is CC(C)Cc1cc(-c2[c-]ccc(P(=O)(c3ccccc3)c3ccccc3)c2)ncc1[Si](C)(C)C.CC(C)c1cc(-c2[c-]ccc(P(=O)(c3ccccc3)c3ccccc3)c2)ncc1[Si](C)(C)C.CCC(C)c1cc(-c2[c-]ccc(B(c3c(C)cc(C)cc3C)c3c(C)cc(C)cc3C)c2)ncc1[Si](C)(C)C.[Ir].[Ir].[Ir].[c-]1ccccc1-c1ccccn1.[c-]1ccccc1-c1ccccn1.[c-]1ccccc1-c1ccccn1. The van der Waals surface area contributed by atoms with E-state index in [1.807, 2.05) is 285 Å². The summed E-state index contributed by atoms with van der Waals surface area (Å²) < 4.78 is 29.5. The standard InChI is InChI=1S/C36H45BNSi.C30H33NOPSi.C29H31NOPSi.3C11H8N.3Ir/c1-12-25(4)32-21-33(38-22-34(32)39(9,10)11)30-14-13-15-31(20-30)37(35-26(5)16-23(2)17-27(35)6)36-28(7)18-24(3)19-29(36)8;1-23(2)19-25-21-29(31-22-30(25)34(3,4)5)24-13-12-18-28(20-24)33(32,26-14-8-6-9-15-26)27-16-10-7-11-17-27;1-22(2)27-20-28(30-21-29(27)33(3,4)5)23-13-12-18-26(19-23)32(31,24-14-8-6-9-15-24)25-16-10-7-11-17-25;3*1-2-6-10(7-3-1)11-8-4-5-9-12-11;;;/h13,15-22,25H,12H2,1-11H3;6-12,14-18,20-23H,19H2,1-5H3;6-12,14-22H,1-5H3;3*1-6,8-9H;;;/q6*-1;;;. The Morgan fingerprint density at radius 1 is 0.297 bits per heavy atom. The summed E-state index contributed by atoms with van der Waals surface area (Å²) in [5.41, 5.74) is 28.0. The Bertz CT molecular complexity index is 6780. The van der Waals surface area contributed by atoms with Crippen molar-refractivity contribution in [3.63, 3.8) is 0 Å². The first-order valence-corrected chi connectivity index (χ1v) is 63.3. The first kappa shape index (κ1) is 116. The zero-order valence-corrected chi connectivity index (χ0v) is 99.5. The van der Waals surface area contributed by atoms with Gasteiger partial charge in [-0.3, -0.25) is 0 Å². The van der Waals surface area contributed by atoms with Gasteiger partial charge >= 0.3 is 0 Å². The van der Waals surface area contributed by atoms with Crippen molar-refractivity contribution in [2.24, 2.45) is 5.92 Å². The largest absolute Gasteiger partial charge is 0.310 e. The first-order valence-electron chi connectivity index (χ1n) is 49.4. The maximum atomic E-state index is 14.8. The third kappa shape index (κ3) is 30.2. The molecule has 0 aliphatic rings. The van der Waals surface area contributed by atoms with Crippen molar-refractivity contribution in [1.82, 2.24) is 29.9 Å². The van der Waals surface area contributed by atoms with Gasteiger partial charge in [-0.2, -0.15) is 5.46 Å². The first-order chi connectivity index (χ1) is 68.1. The van der Waals surface area contributed by atoms with Gasteiger partial charge in [0.05, 0.1) is 24.2 Å². The Balaban J connectivity index is 0.000000188. The summed E-state index contributed by atoms with van der Waals surface area (Å²) in [6.07, 6.45) is 13.8. The molecular weight excluding hydrogens is 2390 g/mol. The van der Waals surface area contributed by atoms with E-state index in [0.29, 0.717) is 17.8 Å². The molecule has 0 fully saturated rings. The predicted octanol–water partition coefficient (Wildman–Crippen LogP) is 26.4. The fourth-order valence-corrected chi connectivity index (χ4v) is 28.6. The zero-order chi connectivity index (χ0) is 101. The number of nitrogens with zero attached hydrogens (tertiary/aromatic N) is 6. The van der Waals surface area contributed by atoms with Crippen LogP contribution in [0, 0.1) is 83.9 Å². The average molecular weight is 2520 g/mol. The summed E-state index contributed by atoms with van der Waals surface area (Å²) in [5, 5.41) is 9.23. The second-order valence-electron chi connectivity index (χ2n) is 40.4. The van der Waals surface area contributed by atoms with E-state index >= 15 is 0 Å². The Labute approximate surface area is 909 Å². The van der Waals surface area contributed by atoms with Gasteiger partial charge in [0, 0.05) is 119 Å². The third-order valence-electron chi connectivity index (χ3n) is 25.4. The minimum Gasteiger partial charge on any atom is -0.310 e. The number of pyridine rings is 6. The summed E-state index contributed by atoms with van der Waals surface area (Å²) in [6.45, 7) is 48.7. The second kappa shape index (κ2) is 53.8. The van der Waals surface area contributed by atoms with Crippen LogP contribution in [0.15, 0.2) is 383 Å². The maximum Gasteiger partial charge on any atom is 0.224 e. The van der Waals surface area contributed by atoms with Gasteiger partial charge in [-0.05, 0) is 140 Å². The monoisotopic (exact) mass is 2520 g/mol. The molecule has 8 nitrogen and oxygen atoms in total. The van der Waals surface area contributed by atoms with Crippen LogP contribution in [0.5, 0.6) is 0 Å². The number of aromatic nitrogens is 6. The topological polar surface area (TPSA) is 111 Å². The van der Waals surface area contributed by atoms with Crippen LogP contribution < -0.4 is 63.8 Å². The molecule has 745 valence electrons. The summed E-state index contributed by atoms with van der Waals surface area (Å²) in [5.74, 6) is 1.49. The molecule has 1 unspecified atom stereocenters. The molecule has 0 bridgehead atoms. The normalized spacial score (nSPS) is 11.4. The van der Waals surface area contributed by atoms with Gasteiger partial charge in [-0.15, -0.1) is 197 Å². The molecule has 0 N–H and O–H groups in total. The van der Waals surface area contributed by atoms with Gasteiger partial charge < -0.3 is 39.0 Å². The molecule has 0 amide bonds. The van der Waals surface area contributed by atoms with Gasteiger partial charge in [0.25, 0.3) is 0 Å². The number of rotatable bonds is 23. The van der Waals surface area contributed by atoms with Crippen molar-refractivity contribution in [2.75, 3.05) is 0 Å². The van der Waals surface area contributed by atoms with Gasteiger partial charge in [0.15, 0.2) is 14.3 Å². The molecule has 0 aliphatic heterocycles. The van der Waals surface area contributed by atoms with E-state index in [1.165, 1.54) is 82.0 Å². The summed E-state index contributed by atoms with van der Waals surface area (Å²) >= 11 is 0. The summed E-state index contributed by atoms with van der Waals surface area (Å²) in [7, 11) is -10.6. The molecule has 0 spiro atoms. The number of hydrogen-bond donors (Lipinski definition) is 0. The molecule has 0 saturated heterocycles. The van der Waals surface area contributed by atoms with Crippen molar-refractivity contribution in [3.8, 4) is 67.5 Å². The second-order valence-corrected chi connectivity index (χ2v) is 61.1. The minimum absolute atomic E-state index is 0. The molecule has 0 aliphatic carbocycles. The molecule has 3 radical (unpaired) electrons. The van der Waals surface area contributed by atoms with E-state index in [-0.39, 0.29) is 67.0 Å². The van der Waals surface area contributed by atoms with Gasteiger partial charge in [0.1, 0.15) is 0 Å². The van der Waals surface area contributed by atoms with E-state index in [2.05, 4.69) is 273 Å². The van der Waals surface area contributed by atoms with Crippen LogP contribution in [0.1, 0.15) is 110 Å². The van der Waals surface area contributed by atoms with E-state index in [0.717, 1.165) is 112 Å². The molecule has 18 rings (SSSR count). The van der Waals surface area contributed by atoms with E-state index < -0.39 is 38.5 Å². The van der Waals surface area contributed by atoms with Crippen molar-refractivity contribution < 1.29 is 69.4 Å². The van der Waals surface area contributed by atoms with Gasteiger partial charge in [-0.25, -0.2) is 0 Å². The van der Waals surface area contributed by atoms with Gasteiger partial charge in [-0.1, -0.05) is 372 Å². The third-order valence-corrected chi connectivity index (χ3v) is 37.7. The van der Waals surface area contributed by atoms with Crippen LogP contribution in [0.25, 0.3) is 67.5 Å². The smallest absolute Gasteiger partial charge is 0.224 e. The molecular formula is C128H133BIr3N6O2P2Si3-6. The summed E-state index contributed by atoms with van der Waals surface area (Å²) in [4.78, 5) is 27.4. The van der Waals surface area contributed by atoms with Crippen molar-refractivity contribution >= 4 is 109 Å². The van der Waals surface area contributed by atoms with Gasteiger partial charge in [0.2, 0.25) is 6.71 Å². The zero-order valence-electron chi connectivity index (χ0n) is 87.5. The molecule has 6 aromatic heterocycles. The maximum absolute atomic E-state index is 14.8. The molecule has 6 heterocycles. The van der Waals surface area contributed by atoms with Crippen molar-refractivity contribution in [1.29, 1.82) is 0 Å². The van der Waals surface area contributed by atoms with E-state index in [9.17, 15) is 9.13 Å². The van der Waals surface area contributed by atoms with Crippen LogP contribution in [0.3, 0.4) is 0 Å². The van der Waals surface area contributed by atoms with Crippen LogP contribution in [-0.4, -0.2) is 60.8 Å². The molecule has 145 heavy (non-hydrogen) atoms. The van der Waals surface area contributed by atoms with Crippen LogP contribution in [0.2, 0.25) is 58.9 Å². The van der Waals surface area contributed by atoms with E-state index in [1.54, 1.807) is 18.6 Å². The predicted molar refractivity (Wildman–Crippen MR) is 616 cm³/mol. The summed E-state index contributed by atoms with van der Waals surface area (Å²) in [6, 6.07) is 134. The van der Waals surface area contributed by atoms with Crippen molar-refractivity contribution in [2.45, 2.75) is 167 Å². The molecule has 18 aromatic rings. The van der Waals surface area contributed by atoms with Crippen LogP contribution in [0.4, 0.5) is 0 Å². The number of benzene rings is 12. The molecule has 1 atom stereocenters. The minimum atomic E-state index is -3.04. The molecule has 17 heteroatoms. The van der Waals surface area contributed by atoms with E-state index in [4.69, 9.17) is 15.0 Å².